The van der Waals surface area contributed by atoms with E-state index in [1.807, 2.05) is 0 Å². The Morgan fingerprint density at radius 1 is 1.38 bits per heavy atom. The van der Waals surface area contributed by atoms with Gasteiger partial charge in [-0.3, -0.25) is 0 Å². The number of thiol groups is 1. The first-order valence-corrected chi connectivity index (χ1v) is 6.53. The first-order chi connectivity index (χ1) is 7.48. The van der Waals surface area contributed by atoms with Crippen LogP contribution in [-0.4, -0.2) is 25.2 Å². The summed E-state index contributed by atoms with van der Waals surface area (Å²) in [5.41, 5.74) is 0.231. The third-order valence-electron chi connectivity index (χ3n) is 2.36. The van der Waals surface area contributed by atoms with Gasteiger partial charge in [-0.05, 0) is 17.7 Å². The van der Waals surface area contributed by atoms with Gasteiger partial charge in [-0.25, -0.2) is 13.2 Å². The highest BCUT2D eigenvalue weighted by atomic mass is 32.2. The first-order valence-electron chi connectivity index (χ1n) is 4.41. The van der Waals surface area contributed by atoms with Gasteiger partial charge < -0.3 is 5.11 Å². The van der Waals surface area contributed by atoms with Crippen molar-refractivity contribution in [1.82, 2.24) is 0 Å². The number of aromatic carboxylic acids is 1. The van der Waals surface area contributed by atoms with E-state index in [1.54, 1.807) is 6.07 Å². The summed E-state index contributed by atoms with van der Waals surface area (Å²) in [5, 5.41) is 8.93. The van der Waals surface area contributed by atoms with E-state index in [-0.39, 0.29) is 21.1 Å². The lowest BCUT2D eigenvalue weighted by atomic mass is 10.1. The molecule has 1 N–H and O–H groups in total. The van der Waals surface area contributed by atoms with Crippen molar-refractivity contribution in [2.24, 2.45) is 0 Å². The fraction of sp³-hybridized carbons (Fsp3) is 0.100. The third-order valence-corrected chi connectivity index (χ3v) is 4.86. The number of carbonyl (C=O) groups is 1. The number of sulfone groups is 1. The number of carboxylic acids is 1. The van der Waals surface area contributed by atoms with Crippen LogP contribution in [0.25, 0.3) is 6.08 Å². The number of hydrogen-bond acceptors (Lipinski definition) is 4. The lowest BCUT2D eigenvalue weighted by molar-refractivity contribution is 0.0692. The lowest BCUT2D eigenvalue weighted by Gasteiger charge is -2.04. The Balaban J connectivity index is 2.78. The molecule has 0 fully saturated rings. The monoisotopic (exact) mass is 256 g/mol. The van der Waals surface area contributed by atoms with E-state index in [9.17, 15) is 13.2 Å². The van der Waals surface area contributed by atoms with Crippen molar-refractivity contribution in [1.29, 1.82) is 0 Å². The Labute approximate surface area is 97.9 Å². The molecule has 4 nitrogen and oxygen atoms in total. The van der Waals surface area contributed by atoms with E-state index in [4.69, 9.17) is 5.11 Å². The molecular weight excluding hydrogens is 248 g/mol. The second kappa shape index (κ2) is 3.64. The van der Waals surface area contributed by atoms with Gasteiger partial charge in [-0.2, -0.15) is 12.6 Å². The smallest absolute Gasteiger partial charge is 0.337 e. The number of hydrogen-bond donors (Lipinski definition) is 2. The zero-order valence-corrected chi connectivity index (χ0v) is 9.75. The van der Waals surface area contributed by atoms with Crippen molar-refractivity contribution >= 4 is 34.5 Å². The van der Waals surface area contributed by atoms with Crippen LogP contribution < -0.4 is 0 Å². The molecule has 84 valence electrons. The second-order valence-corrected chi connectivity index (χ2v) is 5.56. The molecule has 0 saturated heterocycles. The maximum Gasteiger partial charge on any atom is 0.337 e. The van der Waals surface area contributed by atoms with E-state index in [2.05, 4.69) is 12.6 Å². The minimum atomic E-state index is -3.67. The van der Waals surface area contributed by atoms with Crippen LogP contribution in [0.2, 0.25) is 0 Å². The molecule has 16 heavy (non-hydrogen) atoms. The molecule has 0 saturated carbocycles. The Hall–Kier alpha value is -1.27. The molecule has 0 spiro atoms. The third kappa shape index (κ3) is 1.45. The zero-order chi connectivity index (χ0) is 11.9. The molecule has 0 aliphatic carbocycles. The van der Waals surface area contributed by atoms with E-state index in [0.29, 0.717) is 5.56 Å². The molecule has 0 radical (unpaired) electrons. The molecule has 1 aromatic rings. The molecular formula is C10H8O4S2. The Morgan fingerprint density at radius 3 is 2.62 bits per heavy atom. The van der Waals surface area contributed by atoms with Crippen molar-refractivity contribution in [3.63, 3.8) is 0 Å². The van der Waals surface area contributed by atoms with Crippen LogP contribution in [0, 0.1) is 0 Å². The van der Waals surface area contributed by atoms with Crippen LogP contribution in [0.4, 0.5) is 0 Å². The van der Waals surface area contributed by atoms with Gasteiger partial charge in [0.25, 0.3) is 0 Å². The Bertz CT molecular complexity index is 599. The van der Waals surface area contributed by atoms with E-state index >= 15 is 0 Å². The van der Waals surface area contributed by atoms with Gasteiger partial charge in [0, 0.05) is 5.75 Å². The highest BCUT2D eigenvalue weighted by Gasteiger charge is 2.32. The van der Waals surface area contributed by atoms with Crippen LogP contribution in [0.15, 0.2) is 28.0 Å². The SMILES string of the molecule is O=C(O)c1cccc2c1S(=O)(=O)C(CS)=C2. The second-order valence-electron chi connectivity index (χ2n) is 3.30. The summed E-state index contributed by atoms with van der Waals surface area (Å²) in [4.78, 5) is 11.0. The van der Waals surface area contributed by atoms with Crippen molar-refractivity contribution in [2.75, 3.05) is 5.75 Å². The zero-order valence-electron chi connectivity index (χ0n) is 8.04. The molecule has 6 heteroatoms. The standard InChI is InChI=1S/C10H8O4S2/c11-10(12)8-3-1-2-6-4-7(5-15)16(13,14)9(6)8/h1-4,15H,5H2,(H,11,12). The summed E-state index contributed by atoms with van der Waals surface area (Å²) in [7, 11) is -3.67. The summed E-state index contributed by atoms with van der Waals surface area (Å²) in [5.74, 6) is -1.18. The Morgan fingerprint density at radius 2 is 2.06 bits per heavy atom. The highest BCUT2D eigenvalue weighted by molar-refractivity contribution is 7.97. The first kappa shape index (κ1) is 11.2. The van der Waals surface area contributed by atoms with Gasteiger partial charge in [0.2, 0.25) is 9.84 Å². The minimum Gasteiger partial charge on any atom is -0.478 e. The summed E-state index contributed by atoms with van der Waals surface area (Å²) in [6, 6.07) is 4.39. The van der Waals surface area contributed by atoms with Gasteiger partial charge in [0.15, 0.2) is 0 Å². The van der Waals surface area contributed by atoms with Crippen LogP contribution in [-0.2, 0) is 9.84 Å². The number of fused-ring (bicyclic) bond motifs is 1. The number of carboxylic acid groups (broad SMARTS) is 1. The molecule has 0 atom stereocenters. The van der Waals surface area contributed by atoms with Crippen molar-refractivity contribution in [3.8, 4) is 0 Å². The summed E-state index contributed by atoms with van der Waals surface area (Å²) in [6.45, 7) is 0. The number of rotatable bonds is 2. The van der Waals surface area contributed by atoms with Crippen molar-refractivity contribution in [2.45, 2.75) is 4.90 Å². The molecule has 1 aliphatic heterocycles. The average molecular weight is 256 g/mol. The van der Waals surface area contributed by atoms with E-state index < -0.39 is 15.8 Å². The average Bonchev–Trinajstić information content (AvgIpc) is 2.50. The predicted octanol–water partition coefficient (Wildman–Crippen LogP) is 1.44. The molecule has 0 amide bonds. The maximum absolute atomic E-state index is 12.0. The predicted molar refractivity (Wildman–Crippen MR) is 62.4 cm³/mol. The van der Waals surface area contributed by atoms with Crippen LogP contribution in [0.1, 0.15) is 15.9 Å². The van der Waals surface area contributed by atoms with Crippen molar-refractivity contribution < 1.29 is 18.3 Å². The highest BCUT2D eigenvalue weighted by Crippen LogP contribution is 2.35. The van der Waals surface area contributed by atoms with E-state index in [0.717, 1.165) is 0 Å². The maximum atomic E-state index is 12.0. The largest absolute Gasteiger partial charge is 0.478 e. The Kier molecular flexibility index (Phi) is 2.55. The quantitative estimate of drug-likeness (QED) is 0.785. The minimum absolute atomic E-state index is 0.0655. The van der Waals surface area contributed by atoms with Gasteiger partial charge in [0.05, 0.1) is 15.4 Å². The summed E-state index contributed by atoms with van der Waals surface area (Å²) in [6.07, 6.45) is 1.46. The normalized spacial score (nSPS) is 16.7. The van der Waals surface area contributed by atoms with Crippen LogP contribution >= 0.6 is 12.6 Å². The molecule has 0 aromatic heterocycles. The molecule has 1 aromatic carbocycles. The van der Waals surface area contributed by atoms with Crippen molar-refractivity contribution in [3.05, 3.63) is 34.2 Å². The van der Waals surface area contributed by atoms with Gasteiger partial charge in [-0.15, -0.1) is 0 Å². The summed E-state index contributed by atoms with van der Waals surface area (Å²) < 4.78 is 23.9. The van der Waals surface area contributed by atoms with Gasteiger partial charge >= 0.3 is 5.97 Å². The fourth-order valence-corrected chi connectivity index (χ4v) is 3.85. The molecule has 1 aliphatic rings. The van der Waals surface area contributed by atoms with Gasteiger partial charge in [-0.1, -0.05) is 12.1 Å². The van der Waals surface area contributed by atoms with Crippen LogP contribution in [0.3, 0.4) is 0 Å². The lowest BCUT2D eigenvalue weighted by Crippen LogP contribution is -2.09. The van der Waals surface area contributed by atoms with E-state index in [1.165, 1.54) is 18.2 Å². The molecule has 0 bridgehead atoms. The molecule has 2 rings (SSSR count). The number of benzene rings is 1. The van der Waals surface area contributed by atoms with Gasteiger partial charge in [0.1, 0.15) is 0 Å². The topological polar surface area (TPSA) is 71.4 Å². The fourth-order valence-electron chi connectivity index (χ4n) is 1.65. The van der Waals surface area contributed by atoms with Crippen LogP contribution in [0.5, 0.6) is 0 Å². The summed E-state index contributed by atoms with van der Waals surface area (Å²) >= 11 is 3.92. The molecule has 0 unspecified atom stereocenters. The molecule has 1 heterocycles.